The number of esters is 1. The van der Waals surface area contributed by atoms with Gasteiger partial charge in [0, 0.05) is 25.0 Å². The van der Waals surface area contributed by atoms with Crippen molar-refractivity contribution < 1.29 is 14.3 Å². The van der Waals surface area contributed by atoms with Crippen molar-refractivity contribution >= 4 is 17.7 Å². The van der Waals surface area contributed by atoms with E-state index in [0.29, 0.717) is 12.3 Å². The van der Waals surface area contributed by atoms with E-state index in [1.54, 1.807) is 23.9 Å². The Labute approximate surface area is 152 Å². The first-order valence-corrected chi connectivity index (χ1v) is 9.06. The van der Waals surface area contributed by atoms with E-state index in [1.807, 2.05) is 29.2 Å². The number of ether oxygens (including phenoxy) is 1. The quantitative estimate of drug-likeness (QED) is 0.851. The Balaban J connectivity index is 1.70. The highest BCUT2D eigenvalue weighted by atomic mass is 16.5. The van der Waals surface area contributed by atoms with Crippen LogP contribution in [-0.4, -0.2) is 46.4 Å². The number of urea groups is 1. The largest absolute Gasteiger partial charge is 0.461 e. The van der Waals surface area contributed by atoms with E-state index in [2.05, 4.69) is 10.4 Å². The lowest BCUT2D eigenvalue weighted by Gasteiger charge is -2.21. The number of anilines is 1. The summed E-state index contributed by atoms with van der Waals surface area (Å²) >= 11 is 0. The average Bonchev–Trinajstić information content (AvgIpc) is 2.98. The molecule has 1 aliphatic rings. The minimum absolute atomic E-state index is 0.0725. The molecular weight excluding hydrogens is 332 g/mol. The van der Waals surface area contributed by atoms with Crippen molar-refractivity contribution in [2.24, 2.45) is 0 Å². The molecule has 0 atom stereocenters. The molecule has 0 saturated carbocycles. The SMILES string of the molecule is CCOC(=O)c1ccn(-c2cccc(NC(=O)N3CCCCCC3)c2)n1. The Bertz CT molecular complexity index is 764. The van der Waals surface area contributed by atoms with Crippen molar-refractivity contribution in [3.8, 4) is 5.69 Å². The van der Waals surface area contributed by atoms with Crippen molar-refractivity contribution in [2.45, 2.75) is 32.6 Å². The van der Waals surface area contributed by atoms with Crippen LogP contribution in [-0.2, 0) is 4.74 Å². The van der Waals surface area contributed by atoms with Gasteiger partial charge < -0.3 is 15.0 Å². The molecule has 26 heavy (non-hydrogen) atoms. The summed E-state index contributed by atoms with van der Waals surface area (Å²) in [6.07, 6.45) is 6.17. The summed E-state index contributed by atoms with van der Waals surface area (Å²) in [5.74, 6) is -0.447. The molecule has 0 radical (unpaired) electrons. The van der Waals surface area contributed by atoms with Crippen LogP contribution < -0.4 is 5.32 Å². The molecule has 1 aromatic carbocycles. The number of carbonyl (C=O) groups excluding carboxylic acids is 2. The van der Waals surface area contributed by atoms with Crippen LogP contribution in [0.5, 0.6) is 0 Å². The normalized spacial score (nSPS) is 14.6. The standard InChI is InChI=1S/C19H24N4O3/c1-2-26-18(24)17-10-13-23(21-17)16-9-7-8-15(14-16)20-19(25)22-11-5-3-4-6-12-22/h7-10,13-14H,2-6,11-12H2,1H3,(H,20,25). The number of hydrogen-bond donors (Lipinski definition) is 1. The van der Waals surface area contributed by atoms with E-state index >= 15 is 0 Å². The summed E-state index contributed by atoms with van der Waals surface area (Å²) in [6, 6.07) is 8.92. The highest BCUT2D eigenvalue weighted by Crippen LogP contribution is 2.17. The van der Waals surface area contributed by atoms with E-state index in [4.69, 9.17) is 4.74 Å². The van der Waals surface area contributed by atoms with E-state index in [1.165, 1.54) is 12.8 Å². The van der Waals surface area contributed by atoms with Gasteiger partial charge in [0.15, 0.2) is 5.69 Å². The number of nitrogens with one attached hydrogen (secondary N) is 1. The Kier molecular flexibility index (Phi) is 5.88. The maximum absolute atomic E-state index is 12.5. The number of likely N-dealkylation sites (tertiary alicyclic amines) is 1. The van der Waals surface area contributed by atoms with Gasteiger partial charge >= 0.3 is 12.0 Å². The summed E-state index contributed by atoms with van der Waals surface area (Å²) in [4.78, 5) is 26.1. The molecule has 1 N–H and O–H groups in total. The number of aromatic nitrogens is 2. The second-order valence-corrected chi connectivity index (χ2v) is 6.25. The third-order valence-corrected chi connectivity index (χ3v) is 4.33. The van der Waals surface area contributed by atoms with Gasteiger partial charge in [-0.3, -0.25) is 0 Å². The fraction of sp³-hybridized carbons (Fsp3) is 0.421. The second-order valence-electron chi connectivity index (χ2n) is 6.25. The molecule has 1 fully saturated rings. The van der Waals surface area contributed by atoms with Gasteiger partial charge in [-0.05, 0) is 44.0 Å². The van der Waals surface area contributed by atoms with Crippen LogP contribution >= 0.6 is 0 Å². The summed E-state index contributed by atoms with van der Waals surface area (Å²) in [6.45, 7) is 3.66. The highest BCUT2D eigenvalue weighted by Gasteiger charge is 2.16. The summed E-state index contributed by atoms with van der Waals surface area (Å²) in [7, 11) is 0. The third kappa shape index (κ3) is 4.41. The Hall–Kier alpha value is -2.83. The zero-order valence-corrected chi connectivity index (χ0v) is 15.0. The summed E-state index contributed by atoms with van der Waals surface area (Å²) < 4.78 is 6.54. The first-order chi connectivity index (χ1) is 12.7. The minimum atomic E-state index is -0.447. The fourth-order valence-corrected chi connectivity index (χ4v) is 2.98. The van der Waals surface area contributed by atoms with Gasteiger partial charge in [0.05, 0.1) is 12.3 Å². The summed E-state index contributed by atoms with van der Waals surface area (Å²) in [5.41, 5.74) is 1.71. The molecule has 7 nitrogen and oxygen atoms in total. The van der Waals surface area contributed by atoms with Crippen LogP contribution in [0.25, 0.3) is 5.69 Å². The van der Waals surface area contributed by atoms with E-state index in [0.717, 1.165) is 31.6 Å². The van der Waals surface area contributed by atoms with Crippen molar-refractivity contribution in [3.05, 3.63) is 42.2 Å². The molecule has 0 unspecified atom stereocenters. The van der Waals surface area contributed by atoms with Crippen molar-refractivity contribution in [1.29, 1.82) is 0 Å². The molecule has 2 heterocycles. The van der Waals surface area contributed by atoms with Crippen LogP contribution in [0.1, 0.15) is 43.1 Å². The maximum atomic E-state index is 12.5. The van der Waals surface area contributed by atoms with E-state index in [9.17, 15) is 9.59 Å². The van der Waals surface area contributed by atoms with Crippen molar-refractivity contribution in [1.82, 2.24) is 14.7 Å². The first kappa shape index (κ1) is 18.0. The molecule has 0 aliphatic carbocycles. The zero-order chi connectivity index (χ0) is 18.4. The van der Waals surface area contributed by atoms with Crippen molar-refractivity contribution in [2.75, 3.05) is 25.0 Å². The van der Waals surface area contributed by atoms with Crippen molar-refractivity contribution in [3.63, 3.8) is 0 Å². The van der Waals surface area contributed by atoms with Crippen LogP contribution in [0.4, 0.5) is 10.5 Å². The lowest BCUT2D eigenvalue weighted by Crippen LogP contribution is -2.35. The molecule has 0 spiro atoms. The van der Waals surface area contributed by atoms with E-state index in [-0.39, 0.29) is 11.7 Å². The first-order valence-electron chi connectivity index (χ1n) is 9.06. The van der Waals surface area contributed by atoms with Gasteiger partial charge in [0.25, 0.3) is 0 Å². The monoisotopic (exact) mass is 356 g/mol. The molecule has 2 amide bonds. The maximum Gasteiger partial charge on any atom is 0.358 e. The predicted molar refractivity (Wildman–Crippen MR) is 98.6 cm³/mol. The van der Waals surface area contributed by atoms with Crippen LogP contribution in [0.15, 0.2) is 36.5 Å². The lowest BCUT2D eigenvalue weighted by molar-refractivity contribution is 0.0519. The molecule has 3 rings (SSSR count). The number of hydrogen-bond acceptors (Lipinski definition) is 4. The number of amides is 2. The van der Waals surface area contributed by atoms with E-state index < -0.39 is 5.97 Å². The predicted octanol–water partition coefficient (Wildman–Crippen LogP) is 3.46. The van der Waals surface area contributed by atoms with Gasteiger partial charge in [-0.25, -0.2) is 14.3 Å². The van der Waals surface area contributed by atoms with Gasteiger partial charge in [0.1, 0.15) is 0 Å². The molecule has 1 aliphatic heterocycles. The minimum Gasteiger partial charge on any atom is -0.461 e. The Morgan fingerprint density at radius 1 is 1.15 bits per heavy atom. The molecule has 2 aromatic rings. The topological polar surface area (TPSA) is 76.5 Å². The molecule has 1 aromatic heterocycles. The Morgan fingerprint density at radius 2 is 1.92 bits per heavy atom. The average molecular weight is 356 g/mol. The number of nitrogens with zero attached hydrogens (tertiary/aromatic N) is 3. The van der Waals surface area contributed by atoms with Gasteiger partial charge in [0.2, 0.25) is 0 Å². The fourth-order valence-electron chi connectivity index (χ4n) is 2.98. The second kappa shape index (κ2) is 8.51. The molecule has 7 heteroatoms. The smallest absolute Gasteiger partial charge is 0.358 e. The van der Waals surface area contributed by atoms with Crippen LogP contribution in [0, 0.1) is 0 Å². The van der Waals surface area contributed by atoms with Crippen LogP contribution in [0.3, 0.4) is 0 Å². The number of benzene rings is 1. The molecule has 138 valence electrons. The van der Waals surface area contributed by atoms with Crippen LogP contribution in [0.2, 0.25) is 0 Å². The molecular formula is C19H24N4O3. The Morgan fingerprint density at radius 3 is 2.65 bits per heavy atom. The highest BCUT2D eigenvalue weighted by molar-refractivity contribution is 5.89. The van der Waals surface area contributed by atoms with Gasteiger partial charge in [-0.2, -0.15) is 5.10 Å². The number of rotatable bonds is 4. The lowest BCUT2D eigenvalue weighted by atomic mass is 10.2. The van der Waals surface area contributed by atoms with Gasteiger partial charge in [-0.1, -0.05) is 18.9 Å². The third-order valence-electron chi connectivity index (χ3n) is 4.33. The number of carbonyl (C=O) groups is 2. The zero-order valence-electron chi connectivity index (χ0n) is 15.0. The van der Waals surface area contributed by atoms with Gasteiger partial charge in [-0.15, -0.1) is 0 Å². The molecule has 1 saturated heterocycles. The summed E-state index contributed by atoms with van der Waals surface area (Å²) in [5, 5.41) is 7.19. The molecule has 0 bridgehead atoms.